The first-order valence-electron chi connectivity index (χ1n) is 8.39. The fourth-order valence-electron chi connectivity index (χ4n) is 2.76. The van der Waals surface area contributed by atoms with E-state index in [1.807, 2.05) is 30.5 Å². The zero-order valence-electron chi connectivity index (χ0n) is 14.4. The molecule has 3 aromatic rings. The molecule has 0 saturated carbocycles. The van der Waals surface area contributed by atoms with Crippen LogP contribution < -0.4 is 10.6 Å². The summed E-state index contributed by atoms with van der Waals surface area (Å²) < 4.78 is 0. The number of fused-ring (bicyclic) bond motifs is 1. The first kappa shape index (κ1) is 18.1. The Morgan fingerprint density at radius 2 is 1.89 bits per heavy atom. The third-order valence-electron chi connectivity index (χ3n) is 4.12. The van der Waals surface area contributed by atoms with Crippen molar-refractivity contribution in [3.8, 4) is 0 Å². The summed E-state index contributed by atoms with van der Waals surface area (Å²) in [4.78, 5) is 37.3. The van der Waals surface area contributed by atoms with Gasteiger partial charge in [-0.3, -0.25) is 19.7 Å². The van der Waals surface area contributed by atoms with E-state index in [9.17, 15) is 19.7 Å². The van der Waals surface area contributed by atoms with Crippen LogP contribution >= 0.6 is 0 Å². The number of hydrogen-bond donors (Lipinski definition) is 3. The van der Waals surface area contributed by atoms with Crippen LogP contribution in [0.5, 0.6) is 0 Å². The molecule has 8 nitrogen and oxygen atoms in total. The van der Waals surface area contributed by atoms with E-state index in [1.54, 1.807) is 0 Å². The molecule has 0 saturated heterocycles. The van der Waals surface area contributed by atoms with Gasteiger partial charge in [-0.1, -0.05) is 24.3 Å². The van der Waals surface area contributed by atoms with Gasteiger partial charge in [-0.05, 0) is 24.1 Å². The number of para-hydroxylation sites is 1. The molecule has 0 unspecified atom stereocenters. The van der Waals surface area contributed by atoms with Crippen molar-refractivity contribution >= 4 is 28.4 Å². The molecule has 0 fully saturated rings. The number of nitro groups is 1. The third-order valence-corrected chi connectivity index (χ3v) is 4.12. The Morgan fingerprint density at radius 1 is 1.07 bits per heavy atom. The maximum absolute atomic E-state index is 12.0. The number of hydrogen-bond acceptors (Lipinski definition) is 4. The number of carbonyl (C=O) groups excluding carboxylic acids is 2. The van der Waals surface area contributed by atoms with E-state index < -0.39 is 10.8 Å². The van der Waals surface area contributed by atoms with E-state index in [4.69, 9.17) is 0 Å². The van der Waals surface area contributed by atoms with Crippen LogP contribution in [0.4, 0.5) is 5.69 Å². The third kappa shape index (κ3) is 4.49. The summed E-state index contributed by atoms with van der Waals surface area (Å²) in [6.45, 7) is 0.239. The molecule has 2 amide bonds. The van der Waals surface area contributed by atoms with Gasteiger partial charge >= 0.3 is 0 Å². The number of nitrogens with one attached hydrogen (secondary N) is 3. The van der Waals surface area contributed by atoms with Crippen LogP contribution in [0.3, 0.4) is 0 Å². The standard InChI is InChI=1S/C19H18N4O4/c24-18(12-22-19(25)13-4-3-5-15(10-13)23(26)27)20-9-8-14-11-21-17-7-2-1-6-16(14)17/h1-7,10-11,21H,8-9,12H2,(H,20,24)(H,22,25). The molecule has 27 heavy (non-hydrogen) atoms. The second-order valence-electron chi connectivity index (χ2n) is 5.95. The quantitative estimate of drug-likeness (QED) is 0.439. The Kier molecular flexibility index (Phi) is 5.46. The van der Waals surface area contributed by atoms with Crippen molar-refractivity contribution in [3.63, 3.8) is 0 Å². The number of aromatic amines is 1. The van der Waals surface area contributed by atoms with Crippen LogP contribution in [0.2, 0.25) is 0 Å². The summed E-state index contributed by atoms with van der Waals surface area (Å²) in [7, 11) is 0. The molecule has 0 aliphatic heterocycles. The summed E-state index contributed by atoms with van der Waals surface area (Å²) in [6.07, 6.45) is 2.58. The summed E-state index contributed by atoms with van der Waals surface area (Å²) in [6, 6.07) is 13.3. The van der Waals surface area contributed by atoms with E-state index in [1.165, 1.54) is 24.3 Å². The van der Waals surface area contributed by atoms with Crippen molar-refractivity contribution in [1.29, 1.82) is 0 Å². The molecule has 0 radical (unpaired) electrons. The second kappa shape index (κ2) is 8.13. The normalized spacial score (nSPS) is 10.5. The van der Waals surface area contributed by atoms with Gasteiger partial charge in [-0.15, -0.1) is 0 Å². The summed E-state index contributed by atoms with van der Waals surface area (Å²) >= 11 is 0. The van der Waals surface area contributed by atoms with Crippen molar-refractivity contribution in [2.45, 2.75) is 6.42 Å². The number of H-pyrrole nitrogens is 1. The minimum Gasteiger partial charge on any atom is -0.361 e. The van der Waals surface area contributed by atoms with E-state index in [0.717, 1.165) is 16.5 Å². The molecule has 8 heteroatoms. The van der Waals surface area contributed by atoms with Gasteiger partial charge in [-0.25, -0.2) is 0 Å². The largest absolute Gasteiger partial charge is 0.361 e. The van der Waals surface area contributed by atoms with E-state index in [2.05, 4.69) is 15.6 Å². The molecular weight excluding hydrogens is 348 g/mol. The molecule has 2 aromatic carbocycles. The highest BCUT2D eigenvalue weighted by atomic mass is 16.6. The zero-order valence-corrected chi connectivity index (χ0v) is 14.4. The zero-order chi connectivity index (χ0) is 19.2. The molecule has 0 bridgehead atoms. The predicted octanol–water partition coefficient (Wildman–Crippen LogP) is 2.16. The number of non-ortho nitro benzene ring substituents is 1. The average molecular weight is 366 g/mol. The fourth-order valence-corrected chi connectivity index (χ4v) is 2.76. The Labute approximate surface area is 154 Å². The highest BCUT2D eigenvalue weighted by Crippen LogP contribution is 2.17. The minimum atomic E-state index is -0.575. The fraction of sp³-hybridized carbons (Fsp3) is 0.158. The molecule has 138 valence electrons. The lowest BCUT2D eigenvalue weighted by molar-refractivity contribution is -0.384. The number of benzene rings is 2. The summed E-state index contributed by atoms with van der Waals surface area (Å²) in [5.74, 6) is -0.862. The van der Waals surface area contributed by atoms with Crippen molar-refractivity contribution in [2.75, 3.05) is 13.1 Å². The van der Waals surface area contributed by atoms with Gasteiger partial charge < -0.3 is 15.6 Å². The highest BCUT2D eigenvalue weighted by molar-refractivity contribution is 5.97. The van der Waals surface area contributed by atoms with Crippen LogP contribution in [0.25, 0.3) is 10.9 Å². The van der Waals surface area contributed by atoms with Gasteiger partial charge in [0.1, 0.15) is 0 Å². The molecule has 0 spiro atoms. The minimum absolute atomic E-state index is 0.135. The maximum atomic E-state index is 12.0. The Balaban J connectivity index is 1.46. The molecule has 3 N–H and O–H groups in total. The number of nitrogens with zero attached hydrogens (tertiary/aromatic N) is 1. The smallest absolute Gasteiger partial charge is 0.270 e. The van der Waals surface area contributed by atoms with E-state index >= 15 is 0 Å². The number of carbonyl (C=O) groups is 2. The Bertz CT molecular complexity index is 996. The number of amides is 2. The van der Waals surface area contributed by atoms with Crippen LogP contribution in [0, 0.1) is 10.1 Å². The van der Waals surface area contributed by atoms with Crippen LogP contribution in [-0.2, 0) is 11.2 Å². The molecule has 1 aromatic heterocycles. The van der Waals surface area contributed by atoms with Gasteiger partial charge in [0.15, 0.2) is 0 Å². The molecule has 3 rings (SSSR count). The molecule has 1 heterocycles. The van der Waals surface area contributed by atoms with E-state index in [-0.39, 0.29) is 23.7 Å². The van der Waals surface area contributed by atoms with Gasteiger partial charge in [-0.2, -0.15) is 0 Å². The lowest BCUT2D eigenvalue weighted by atomic mass is 10.1. The Morgan fingerprint density at radius 3 is 2.70 bits per heavy atom. The van der Waals surface area contributed by atoms with Gasteiger partial charge in [0.2, 0.25) is 5.91 Å². The van der Waals surface area contributed by atoms with Crippen LogP contribution in [0.1, 0.15) is 15.9 Å². The van der Waals surface area contributed by atoms with Crippen LogP contribution in [0.15, 0.2) is 54.7 Å². The lowest BCUT2D eigenvalue weighted by Crippen LogP contribution is -2.37. The second-order valence-corrected chi connectivity index (χ2v) is 5.95. The number of aromatic nitrogens is 1. The van der Waals surface area contributed by atoms with Crippen molar-refractivity contribution in [3.05, 3.63) is 76.0 Å². The predicted molar refractivity (Wildman–Crippen MR) is 100 cm³/mol. The first-order chi connectivity index (χ1) is 13.0. The SMILES string of the molecule is O=C(CNC(=O)c1cccc([N+](=O)[O-])c1)NCCc1c[nH]c2ccccc12. The highest BCUT2D eigenvalue weighted by Gasteiger charge is 2.12. The van der Waals surface area contributed by atoms with Gasteiger partial charge in [0, 0.05) is 41.3 Å². The van der Waals surface area contributed by atoms with Crippen molar-refractivity contribution < 1.29 is 14.5 Å². The lowest BCUT2D eigenvalue weighted by Gasteiger charge is -2.07. The summed E-state index contributed by atoms with van der Waals surface area (Å²) in [5, 5.41) is 17.1. The maximum Gasteiger partial charge on any atom is 0.270 e. The molecule has 0 aliphatic rings. The Hall–Kier alpha value is -3.68. The van der Waals surface area contributed by atoms with Gasteiger partial charge in [0.05, 0.1) is 11.5 Å². The summed E-state index contributed by atoms with van der Waals surface area (Å²) in [5.41, 5.74) is 2.11. The monoisotopic (exact) mass is 366 g/mol. The number of nitro benzene ring substituents is 1. The molecular formula is C19H18N4O4. The topological polar surface area (TPSA) is 117 Å². The van der Waals surface area contributed by atoms with Crippen LogP contribution in [-0.4, -0.2) is 34.8 Å². The van der Waals surface area contributed by atoms with Crippen molar-refractivity contribution in [2.24, 2.45) is 0 Å². The van der Waals surface area contributed by atoms with Crippen molar-refractivity contribution in [1.82, 2.24) is 15.6 Å². The first-order valence-corrected chi connectivity index (χ1v) is 8.39. The van der Waals surface area contributed by atoms with E-state index in [0.29, 0.717) is 13.0 Å². The number of rotatable bonds is 7. The van der Waals surface area contributed by atoms with Gasteiger partial charge in [0.25, 0.3) is 11.6 Å². The molecule has 0 aliphatic carbocycles. The average Bonchev–Trinajstić information content (AvgIpc) is 3.09. The molecule has 0 atom stereocenters.